The van der Waals surface area contributed by atoms with Gasteiger partial charge in [-0.25, -0.2) is 0 Å². The van der Waals surface area contributed by atoms with Crippen LogP contribution in [0.15, 0.2) is 0 Å². The molecule has 0 aliphatic carbocycles. The summed E-state index contributed by atoms with van der Waals surface area (Å²) in [7, 11) is 0. The predicted molar refractivity (Wildman–Crippen MR) is 36.5 cm³/mol. The Balaban J connectivity index is 0. The Hall–Kier alpha value is -0.610. The van der Waals surface area contributed by atoms with Crippen molar-refractivity contribution in [3.63, 3.8) is 0 Å². The fourth-order valence-corrected chi connectivity index (χ4v) is 0.0680. The van der Waals surface area contributed by atoms with Crippen molar-refractivity contribution in [3.8, 4) is 0 Å². The van der Waals surface area contributed by atoms with E-state index in [9.17, 15) is 4.79 Å². The van der Waals surface area contributed by atoms with E-state index in [0.717, 1.165) is 0 Å². The summed E-state index contributed by atoms with van der Waals surface area (Å²) in [5.41, 5.74) is 0. The fourth-order valence-electron chi connectivity index (χ4n) is 0.0680. The Morgan fingerprint density at radius 2 is 2.10 bits per heavy atom. The average molecular weight is 150 g/mol. The van der Waals surface area contributed by atoms with Gasteiger partial charge in [-0.15, -0.1) is 0 Å². The first kappa shape index (κ1) is 12.1. The molecule has 0 bridgehead atoms. The maximum Gasteiger partial charge on any atom is 0.293 e. The highest BCUT2D eigenvalue weighted by Crippen LogP contribution is 1.68. The number of rotatable bonds is 3. The smallest absolute Gasteiger partial charge is 0.293 e. The molecule has 1 atom stereocenters. The first-order chi connectivity index (χ1) is 4.68. The van der Waals surface area contributed by atoms with Gasteiger partial charge in [0.2, 0.25) is 0 Å². The third-order valence-electron chi connectivity index (χ3n) is 0.499. The molecule has 0 fully saturated rings. The van der Waals surface area contributed by atoms with Gasteiger partial charge >= 0.3 is 0 Å². The quantitative estimate of drug-likeness (QED) is 0.534. The van der Waals surface area contributed by atoms with Crippen LogP contribution in [0.3, 0.4) is 0 Å². The fraction of sp³-hybridized carbons (Fsp3) is 0.833. The van der Waals surface area contributed by atoms with E-state index >= 15 is 0 Å². The van der Waals surface area contributed by atoms with Gasteiger partial charge in [-0.1, -0.05) is 0 Å². The van der Waals surface area contributed by atoms with Gasteiger partial charge in [0.05, 0.1) is 19.3 Å². The maximum absolute atomic E-state index is 9.18. The molecule has 0 spiro atoms. The number of ether oxygens (including phenoxy) is 1. The van der Waals surface area contributed by atoms with Gasteiger partial charge in [-0.3, -0.25) is 4.79 Å². The van der Waals surface area contributed by atoms with Crippen LogP contribution in [0.5, 0.6) is 0 Å². The van der Waals surface area contributed by atoms with E-state index in [2.05, 4.69) is 4.74 Å². The Kier molecular flexibility index (Phi) is 13.6. The minimum Gasteiger partial charge on any atom is -0.468 e. The van der Waals surface area contributed by atoms with Gasteiger partial charge in [-0.05, 0) is 13.8 Å². The van der Waals surface area contributed by atoms with E-state index in [-0.39, 0.29) is 6.61 Å². The van der Waals surface area contributed by atoms with Crippen molar-refractivity contribution in [2.75, 3.05) is 13.2 Å². The minimum atomic E-state index is -0.560. The van der Waals surface area contributed by atoms with Crippen molar-refractivity contribution < 1.29 is 19.7 Å². The molecule has 62 valence electrons. The molecule has 0 aromatic heterocycles. The molecule has 10 heavy (non-hydrogen) atoms. The van der Waals surface area contributed by atoms with Crippen molar-refractivity contribution in [1.82, 2.24) is 0 Å². The van der Waals surface area contributed by atoms with Crippen LogP contribution < -0.4 is 0 Å². The Labute approximate surface area is 60.4 Å². The number of aliphatic hydroxyl groups is 2. The van der Waals surface area contributed by atoms with Crippen LogP contribution in [-0.2, 0) is 9.53 Å². The second-order valence-corrected chi connectivity index (χ2v) is 1.58. The number of carbonyl (C=O) groups excluding carboxylic acids is 1. The number of hydrogen-bond donors (Lipinski definition) is 2. The first-order valence-corrected chi connectivity index (χ1v) is 3.03. The zero-order valence-electron chi connectivity index (χ0n) is 6.28. The number of carbonyl (C=O) groups is 1. The minimum absolute atomic E-state index is 0.139. The SMILES string of the molecule is CC(O)CO.CCOC=O. The largest absolute Gasteiger partial charge is 0.468 e. The van der Waals surface area contributed by atoms with Crippen molar-refractivity contribution in [3.05, 3.63) is 0 Å². The van der Waals surface area contributed by atoms with Crippen molar-refractivity contribution in [2.24, 2.45) is 0 Å². The standard InChI is InChI=1S/C3H8O2.C3H6O2/c1-3(5)2-4;1-2-5-3-4/h3-5H,2H2,1H3;3H,2H2,1H3. The summed E-state index contributed by atoms with van der Waals surface area (Å²) in [5, 5.41) is 16.0. The molecule has 0 saturated carbocycles. The summed E-state index contributed by atoms with van der Waals surface area (Å²) >= 11 is 0. The molecule has 0 amide bonds. The molecule has 1 unspecified atom stereocenters. The van der Waals surface area contributed by atoms with Gasteiger partial charge in [0.25, 0.3) is 6.47 Å². The molecule has 0 saturated heterocycles. The van der Waals surface area contributed by atoms with E-state index in [1.807, 2.05) is 0 Å². The Morgan fingerprint density at radius 1 is 1.70 bits per heavy atom. The van der Waals surface area contributed by atoms with Gasteiger partial charge in [0.15, 0.2) is 0 Å². The molecule has 0 aliphatic rings. The molecule has 0 radical (unpaired) electrons. The number of hydrogen-bond acceptors (Lipinski definition) is 4. The van der Waals surface area contributed by atoms with Crippen LogP contribution in [0.1, 0.15) is 13.8 Å². The topological polar surface area (TPSA) is 66.8 Å². The van der Waals surface area contributed by atoms with Crippen molar-refractivity contribution in [1.29, 1.82) is 0 Å². The second kappa shape index (κ2) is 11.2. The Bertz CT molecular complexity index is 62.8. The molecule has 0 heterocycles. The van der Waals surface area contributed by atoms with Crippen LogP contribution >= 0.6 is 0 Å². The third-order valence-corrected chi connectivity index (χ3v) is 0.499. The van der Waals surface area contributed by atoms with Crippen molar-refractivity contribution >= 4 is 6.47 Å². The lowest BCUT2D eigenvalue weighted by Gasteiger charge is -1.90. The summed E-state index contributed by atoms with van der Waals surface area (Å²) in [6.45, 7) is 4.05. The first-order valence-electron chi connectivity index (χ1n) is 3.03. The summed E-state index contributed by atoms with van der Waals surface area (Å²) in [5.74, 6) is 0. The van der Waals surface area contributed by atoms with E-state index in [0.29, 0.717) is 13.1 Å². The van der Waals surface area contributed by atoms with Crippen LogP contribution in [0.25, 0.3) is 0 Å². The van der Waals surface area contributed by atoms with Crippen LogP contribution in [0.4, 0.5) is 0 Å². The normalized spacial score (nSPS) is 10.8. The summed E-state index contributed by atoms with van der Waals surface area (Å²) < 4.78 is 4.15. The van der Waals surface area contributed by atoms with E-state index in [4.69, 9.17) is 10.2 Å². The molecule has 2 N–H and O–H groups in total. The summed E-state index contributed by atoms with van der Waals surface area (Å²) in [6, 6.07) is 0. The molecule has 0 aliphatic heterocycles. The van der Waals surface area contributed by atoms with Gasteiger partial charge in [0, 0.05) is 0 Å². The van der Waals surface area contributed by atoms with E-state index in [1.54, 1.807) is 6.92 Å². The number of aliphatic hydroxyl groups excluding tert-OH is 2. The monoisotopic (exact) mass is 150 g/mol. The highest BCUT2D eigenvalue weighted by Gasteiger charge is 1.83. The lowest BCUT2D eigenvalue weighted by Crippen LogP contribution is -2.03. The molecular formula is C6H14O4. The van der Waals surface area contributed by atoms with Crippen LogP contribution in [-0.4, -0.2) is 36.0 Å². The van der Waals surface area contributed by atoms with Gasteiger partial charge in [0.1, 0.15) is 0 Å². The van der Waals surface area contributed by atoms with Crippen molar-refractivity contribution in [2.45, 2.75) is 20.0 Å². The lowest BCUT2D eigenvalue weighted by atomic mass is 10.5. The van der Waals surface area contributed by atoms with Crippen LogP contribution in [0.2, 0.25) is 0 Å². The molecule has 0 rings (SSSR count). The highest BCUT2D eigenvalue weighted by molar-refractivity contribution is 5.36. The lowest BCUT2D eigenvalue weighted by molar-refractivity contribution is -0.128. The molecule has 4 nitrogen and oxygen atoms in total. The zero-order valence-corrected chi connectivity index (χ0v) is 6.28. The molecule has 4 heteroatoms. The Morgan fingerprint density at radius 3 is 2.10 bits per heavy atom. The van der Waals surface area contributed by atoms with Gasteiger partial charge in [-0.2, -0.15) is 0 Å². The van der Waals surface area contributed by atoms with Gasteiger partial charge < -0.3 is 14.9 Å². The van der Waals surface area contributed by atoms with E-state index in [1.165, 1.54) is 6.92 Å². The maximum atomic E-state index is 9.18. The van der Waals surface area contributed by atoms with E-state index < -0.39 is 6.10 Å². The predicted octanol–water partition coefficient (Wildman–Crippen LogP) is -0.461. The average Bonchev–Trinajstić information content (AvgIpc) is 1.91. The molecule has 0 aromatic rings. The molecular weight excluding hydrogens is 136 g/mol. The summed E-state index contributed by atoms with van der Waals surface area (Å²) in [6.07, 6.45) is -0.560. The molecule has 0 aromatic carbocycles. The third kappa shape index (κ3) is 26.3. The summed E-state index contributed by atoms with van der Waals surface area (Å²) in [4.78, 5) is 9.18. The zero-order chi connectivity index (χ0) is 8.41. The highest BCUT2D eigenvalue weighted by atomic mass is 16.5. The second-order valence-electron chi connectivity index (χ2n) is 1.58. The van der Waals surface area contributed by atoms with Crippen LogP contribution in [0, 0.1) is 0 Å².